The van der Waals surface area contributed by atoms with Crippen LogP contribution in [0.5, 0.6) is 11.6 Å². The van der Waals surface area contributed by atoms with Gasteiger partial charge < -0.3 is 10.5 Å². The van der Waals surface area contributed by atoms with E-state index < -0.39 is 5.91 Å². The first-order valence-electron chi connectivity index (χ1n) is 7.95. The molecular formula is C18H17N3O2S. The Morgan fingerprint density at radius 1 is 1.33 bits per heavy atom. The van der Waals surface area contributed by atoms with Crippen molar-refractivity contribution in [2.45, 2.75) is 26.2 Å². The highest BCUT2D eigenvalue weighted by Gasteiger charge is 2.24. The standard InChI is InChI=1S/C18H17N3O2S/c1-10-6-7-12-14(8-10)24-18-15(12)17(20-9-21-18)23-13-5-3-2-4-11(13)16(19)22/h2-5,9-10H,6-8H2,1H3,(H2,19,22)/t10-/m1/s1. The summed E-state index contributed by atoms with van der Waals surface area (Å²) in [6.45, 7) is 2.28. The topological polar surface area (TPSA) is 78.1 Å². The first-order valence-corrected chi connectivity index (χ1v) is 8.77. The number of para-hydroxylation sites is 1. The number of primary amides is 1. The fourth-order valence-corrected chi connectivity index (χ4v) is 4.53. The number of aromatic nitrogens is 2. The molecule has 0 saturated heterocycles. The molecule has 4 rings (SSSR count). The Morgan fingerprint density at radius 3 is 3.00 bits per heavy atom. The van der Waals surface area contributed by atoms with Crippen molar-refractivity contribution in [2.24, 2.45) is 11.7 Å². The van der Waals surface area contributed by atoms with E-state index in [1.165, 1.54) is 16.8 Å². The van der Waals surface area contributed by atoms with Gasteiger partial charge in [-0.1, -0.05) is 19.1 Å². The van der Waals surface area contributed by atoms with E-state index >= 15 is 0 Å². The minimum atomic E-state index is -0.517. The van der Waals surface area contributed by atoms with Crippen LogP contribution in [0, 0.1) is 5.92 Å². The van der Waals surface area contributed by atoms with E-state index in [-0.39, 0.29) is 0 Å². The summed E-state index contributed by atoms with van der Waals surface area (Å²) >= 11 is 1.72. The van der Waals surface area contributed by atoms with Crippen LogP contribution in [-0.4, -0.2) is 15.9 Å². The van der Waals surface area contributed by atoms with Gasteiger partial charge in [0, 0.05) is 4.88 Å². The monoisotopic (exact) mass is 339 g/mol. The molecule has 0 aliphatic heterocycles. The van der Waals surface area contributed by atoms with Crippen LogP contribution < -0.4 is 10.5 Å². The lowest BCUT2D eigenvalue weighted by Crippen LogP contribution is -2.12. The number of carbonyl (C=O) groups excluding carboxylic acids is 1. The Balaban J connectivity index is 1.82. The van der Waals surface area contributed by atoms with Crippen molar-refractivity contribution in [3.05, 3.63) is 46.6 Å². The highest BCUT2D eigenvalue weighted by molar-refractivity contribution is 7.18. The molecule has 0 bridgehead atoms. The summed E-state index contributed by atoms with van der Waals surface area (Å²) in [4.78, 5) is 22.6. The quantitative estimate of drug-likeness (QED) is 0.789. The van der Waals surface area contributed by atoms with Gasteiger partial charge in [0.2, 0.25) is 5.88 Å². The van der Waals surface area contributed by atoms with Gasteiger partial charge in [-0.3, -0.25) is 4.79 Å². The molecule has 1 aromatic carbocycles. The molecular weight excluding hydrogens is 322 g/mol. The average molecular weight is 339 g/mol. The van der Waals surface area contributed by atoms with E-state index in [9.17, 15) is 4.79 Å². The minimum Gasteiger partial charge on any atom is -0.437 e. The van der Waals surface area contributed by atoms with Crippen LogP contribution in [0.15, 0.2) is 30.6 Å². The highest BCUT2D eigenvalue weighted by Crippen LogP contribution is 2.41. The van der Waals surface area contributed by atoms with E-state index in [1.54, 1.807) is 29.5 Å². The van der Waals surface area contributed by atoms with Crippen LogP contribution in [-0.2, 0) is 12.8 Å². The molecule has 2 N–H and O–H groups in total. The zero-order valence-electron chi connectivity index (χ0n) is 13.3. The first kappa shape index (κ1) is 15.1. The zero-order chi connectivity index (χ0) is 16.7. The second-order valence-electron chi connectivity index (χ2n) is 6.17. The summed E-state index contributed by atoms with van der Waals surface area (Å²) in [5, 5.41) is 0.976. The third kappa shape index (κ3) is 2.53. The van der Waals surface area contributed by atoms with E-state index in [1.807, 2.05) is 6.07 Å². The average Bonchev–Trinajstić information content (AvgIpc) is 2.93. The normalized spacial score (nSPS) is 16.8. The number of benzene rings is 1. The molecule has 2 aromatic heterocycles. The molecule has 3 aromatic rings. The van der Waals surface area contributed by atoms with Gasteiger partial charge in [-0.05, 0) is 42.9 Å². The summed E-state index contributed by atoms with van der Waals surface area (Å²) in [5.41, 5.74) is 7.08. The fraction of sp³-hybridized carbons (Fsp3) is 0.278. The van der Waals surface area contributed by atoms with Gasteiger partial charge >= 0.3 is 0 Å². The Morgan fingerprint density at radius 2 is 2.17 bits per heavy atom. The van der Waals surface area contributed by atoms with Crippen LogP contribution >= 0.6 is 11.3 Å². The predicted molar refractivity (Wildman–Crippen MR) is 93.6 cm³/mol. The number of carbonyl (C=O) groups is 1. The molecule has 0 fully saturated rings. The zero-order valence-corrected chi connectivity index (χ0v) is 14.1. The largest absolute Gasteiger partial charge is 0.437 e. The number of rotatable bonds is 3. The van der Waals surface area contributed by atoms with Gasteiger partial charge in [-0.15, -0.1) is 11.3 Å². The number of amides is 1. The minimum absolute atomic E-state index is 0.349. The lowest BCUT2D eigenvalue weighted by molar-refractivity contribution is 0.0998. The van der Waals surface area contributed by atoms with Gasteiger partial charge in [0.1, 0.15) is 16.9 Å². The fourth-order valence-electron chi connectivity index (χ4n) is 3.19. The number of fused-ring (bicyclic) bond motifs is 3. The molecule has 1 aliphatic rings. The lowest BCUT2D eigenvalue weighted by atomic mass is 9.89. The van der Waals surface area contributed by atoms with Crippen molar-refractivity contribution < 1.29 is 9.53 Å². The van der Waals surface area contributed by atoms with E-state index in [4.69, 9.17) is 10.5 Å². The van der Waals surface area contributed by atoms with Crippen LogP contribution in [0.4, 0.5) is 0 Å². The summed E-state index contributed by atoms with van der Waals surface area (Å²) in [5.74, 6) is 1.10. The molecule has 1 amide bonds. The first-order chi connectivity index (χ1) is 11.6. The molecule has 0 spiro atoms. The van der Waals surface area contributed by atoms with E-state index in [0.717, 1.165) is 29.5 Å². The summed E-state index contributed by atoms with van der Waals surface area (Å²) in [6, 6.07) is 6.96. The number of nitrogens with zero attached hydrogens (tertiary/aromatic N) is 2. The maximum atomic E-state index is 11.6. The highest BCUT2D eigenvalue weighted by atomic mass is 32.1. The molecule has 0 radical (unpaired) electrons. The van der Waals surface area contributed by atoms with Crippen LogP contribution in [0.1, 0.15) is 34.1 Å². The van der Waals surface area contributed by atoms with E-state index in [0.29, 0.717) is 23.1 Å². The third-order valence-electron chi connectivity index (χ3n) is 4.42. The van der Waals surface area contributed by atoms with Crippen molar-refractivity contribution in [1.29, 1.82) is 0 Å². The van der Waals surface area contributed by atoms with Crippen molar-refractivity contribution in [3.8, 4) is 11.6 Å². The van der Waals surface area contributed by atoms with Crippen LogP contribution in [0.2, 0.25) is 0 Å². The molecule has 1 aliphatic carbocycles. The molecule has 122 valence electrons. The smallest absolute Gasteiger partial charge is 0.252 e. The number of thiophene rings is 1. The summed E-state index contributed by atoms with van der Waals surface area (Å²) in [7, 11) is 0. The van der Waals surface area contributed by atoms with Gasteiger partial charge in [0.25, 0.3) is 5.91 Å². The Hall–Kier alpha value is -2.47. The Labute approximate surface area is 143 Å². The summed E-state index contributed by atoms with van der Waals surface area (Å²) < 4.78 is 5.99. The van der Waals surface area contributed by atoms with Crippen molar-refractivity contribution in [3.63, 3.8) is 0 Å². The second kappa shape index (κ2) is 5.87. The maximum Gasteiger partial charge on any atom is 0.252 e. The Kier molecular flexibility index (Phi) is 3.69. The lowest BCUT2D eigenvalue weighted by Gasteiger charge is -2.18. The maximum absolute atomic E-state index is 11.6. The molecule has 1 atom stereocenters. The van der Waals surface area contributed by atoms with Crippen LogP contribution in [0.3, 0.4) is 0 Å². The number of ether oxygens (including phenoxy) is 1. The molecule has 5 nitrogen and oxygen atoms in total. The number of nitrogens with two attached hydrogens (primary N) is 1. The third-order valence-corrected chi connectivity index (χ3v) is 5.58. The predicted octanol–water partition coefficient (Wildman–Crippen LogP) is 3.71. The van der Waals surface area contributed by atoms with Gasteiger partial charge in [-0.2, -0.15) is 0 Å². The SMILES string of the molecule is C[C@@H]1CCc2c(sc3ncnc(Oc4ccccc4C(N)=O)c23)C1. The number of hydrogen-bond donors (Lipinski definition) is 1. The van der Waals surface area contributed by atoms with Crippen molar-refractivity contribution in [1.82, 2.24) is 9.97 Å². The molecule has 0 saturated carbocycles. The number of aryl methyl sites for hydroxylation is 1. The van der Waals surface area contributed by atoms with Gasteiger partial charge in [0.05, 0.1) is 10.9 Å². The van der Waals surface area contributed by atoms with Crippen molar-refractivity contribution >= 4 is 27.5 Å². The molecule has 24 heavy (non-hydrogen) atoms. The van der Waals surface area contributed by atoms with Gasteiger partial charge in [0.15, 0.2) is 0 Å². The molecule has 0 unspecified atom stereocenters. The second-order valence-corrected chi connectivity index (χ2v) is 7.26. The van der Waals surface area contributed by atoms with Crippen molar-refractivity contribution in [2.75, 3.05) is 0 Å². The van der Waals surface area contributed by atoms with Gasteiger partial charge in [-0.25, -0.2) is 9.97 Å². The van der Waals surface area contributed by atoms with E-state index in [2.05, 4.69) is 16.9 Å². The Bertz CT molecular complexity index is 935. The molecule has 2 heterocycles. The number of hydrogen-bond acceptors (Lipinski definition) is 5. The molecule has 6 heteroatoms. The van der Waals surface area contributed by atoms with Crippen LogP contribution in [0.25, 0.3) is 10.2 Å². The summed E-state index contributed by atoms with van der Waals surface area (Å²) in [6.07, 6.45) is 4.76.